The Labute approximate surface area is 164 Å². The van der Waals surface area contributed by atoms with Crippen molar-refractivity contribution < 1.29 is 0 Å². The minimum Gasteiger partial charge on any atom is -0.114 e. The second kappa shape index (κ2) is 5.76. The van der Waals surface area contributed by atoms with Crippen LogP contribution in [0.2, 0.25) is 0 Å². The molecule has 8 rings (SSSR count). The van der Waals surface area contributed by atoms with Gasteiger partial charge in [-0.3, -0.25) is 0 Å². The van der Waals surface area contributed by atoms with Crippen molar-refractivity contribution in [1.82, 2.24) is 0 Å². The molecule has 0 aromatic rings. The predicted octanol–water partition coefficient (Wildman–Crippen LogP) is 7.35. The molecule has 2 fully saturated rings. The summed E-state index contributed by atoms with van der Waals surface area (Å²) in [5.74, 6) is 0. The van der Waals surface area contributed by atoms with Gasteiger partial charge in [0.05, 0.1) is 25.4 Å². The number of thioether (sulfide) groups is 8. The summed E-state index contributed by atoms with van der Waals surface area (Å²) in [6.07, 6.45) is 5.74. The van der Waals surface area contributed by atoms with Crippen molar-refractivity contribution in [3.05, 3.63) is 25.4 Å². The monoisotopic (exact) mass is 436 g/mol. The van der Waals surface area contributed by atoms with E-state index < -0.39 is 0 Å². The molecule has 0 unspecified atom stereocenters. The van der Waals surface area contributed by atoms with E-state index in [0.717, 1.165) is 21.0 Å². The molecular weight excluding hydrogens is 425 g/mol. The summed E-state index contributed by atoms with van der Waals surface area (Å²) in [5, 5.41) is 3.66. The van der Waals surface area contributed by atoms with Gasteiger partial charge in [-0.1, -0.05) is 47.0 Å². The van der Waals surface area contributed by atoms with E-state index in [4.69, 9.17) is 0 Å². The summed E-state index contributed by atoms with van der Waals surface area (Å²) in [5.41, 5.74) is 0. The van der Waals surface area contributed by atoms with Crippen LogP contribution in [0.4, 0.5) is 0 Å². The Balaban J connectivity index is 1.23. The molecule has 0 aromatic carbocycles. The van der Waals surface area contributed by atoms with Gasteiger partial charge in [-0.25, -0.2) is 0 Å². The highest BCUT2D eigenvalue weighted by Crippen LogP contribution is 2.71. The van der Waals surface area contributed by atoms with Crippen LogP contribution >= 0.6 is 94.1 Å². The summed E-state index contributed by atoms with van der Waals surface area (Å²) in [6.45, 7) is 0. The van der Waals surface area contributed by atoms with Crippen LogP contribution in [0.3, 0.4) is 0 Å². The van der Waals surface area contributed by atoms with Crippen LogP contribution in [0.5, 0.6) is 0 Å². The lowest BCUT2D eigenvalue weighted by Gasteiger charge is -2.31. The van der Waals surface area contributed by atoms with E-state index >= 15 is 0 Å². The third-order valence-corrected chi connectivity index (χ3v) is 16.8. The first-order valence-corrected chi connectivity index (χ1v) is 14.2. The van der Waals surface area contributed by atoms with Gasteiger partial charge < -0.3 is 0 Å². The summed E-state index contributed by atoms with van der Waals surface area (Å²) in [4.78, 5) is 0. The van der Waals surface area contributed by atoms with Crippen LogP contribution in [0.25, 0.3) is 0 Å². The summed E-state index contributed by atoms with van der Waals surface area (Å²) >= 11 is 17.0. The molecule has 0 spiro atoms. The van der Waals surface area contributed by atoms with Crippen molar-refractivity contribution in [3.63, 3.8) is 0 Å². The van der Waals surface area contributed by atoms with Crippen LogP contribution in [0, 0.1) is 0 Å². The Morgan fingerprint density at radius 2 is 0.682 bits per heavy atom. The quantitative estimate of drug-likeness (QED) is 0.381. The molecule has 4 bridgehead atoms. The standard InChI is InChI=1S/C14H12S8/c1-5-2-6(1)16-10-9(15-5)19-13(20-10)14-21-11-12(22-14)18-8-3-7(4-8)17-11/h5-8H,1-4H2. The summed E-state index contributed by atoms with van der Waals surface area (Å²) in [7, 11) is 0. The second-order valence-corrected chi connectivity index (χ2v) is 16.9. The maximum atomic E-state index is 2.17. The number of rotatable bonds is 0. The van der Waals surface area contributed by atoms with Crippen molar-refractivity contribution in [1.29, 1.82) is 0 Å². The molecular formula is C14H12S8. The molecule has 6 aliphatic heterocycles. The summed E-state index contributed by atoms with van der Waals surface area (Å²) in [6, 6.07) is 0. The molecule has 116 valence electrons. The Hall–Kier alpha value is 2.02. The number of hydrogen-bond donors (Lipinski definition) is 0. The lowest BCUT2D eigenvalue weighted by molar-refractivity contribution is 0.544. The average Bonchev–Trinajstić information content (AvgIpc) is 2.79. The fourth-order valence-corrected chi connectivity index (χ4v) is 17.6. The van der Waals surface area contributed by atoms with Crippen LogP contribution in [-0.4, -0.2) is 21.0 Å². The molecule has 0 nitrogen and oxygen atoms in total. The molecule has 0 aromatic heterocycles. The van der Waals surface area contributed by atoms with Crippen molar-refractivity contribution >= 4 is 94.1 Å². The van der Waals surface area contributed by atoms with Gasteiger partial charge in [-0.05, 0) is 25.7 Å². The molecule has 0 saturated heterocycles. The Morgan fingerprint density at radius 1 is 0.409 bits per heavy atom. The third kappa shape index (κ3) is 2.53. The van der Waals surface area contributed by atoms with Crippen LogP contribution in [-0.2, 0) is 0 Å². The van der Waals surface area contributed by atoms with Crippen molar-refractivity contribution in [3.8, 4) is 0 Å². The highest BCUT2D eigenvalue weighted by atomic mass is 32.3. The zero-order chi connectivity index (χ0) is 14.3. The van der Waals surface area contributed by atoms with Crippen molar-refractivity contribution in [2.24, 2.45) is 0 Å². The van der Waals surface area contributed by atoms with Crippen LogP contribution < -0.4 is 0 Å². The molecule has 6 heterocycles. The largest absolute Gasteiger partial charge is 0.114 e. The van der Waals surface area contributed by atoms with E-state index in [1.165, 1.54) is 25.7 Å². The topological polar surface area (TPSA) is 0 Å². The second-order valence-electron chi connectivity index (χ2n) is 6.04. The Kier molecular flexibility index (Phi) is 3.96. The third-order valence-electron chi connectivity index (χ3n) is 4.44. The van der Waals surface area contributed by atoms with Crippen LogP contribution in [0.15, 0.2) is 25.4 Å². The first kappa shape index (κ1) is 15.1. The average molecular weight is 437 g/mol. The van der Waals surface area contributed by atoms with E-state index in [-0.39, 0.29) is 0 Å². The fraction of sp³-hybridized carbons (Fsp3) is 0.571. The predicted molar refractivity (Wildman–Crippen MR) is 115 cm³/mol. The van der Waals surface area contributed by atoms with E-state index in [1.807, 2.05) is 0 Å². The van der Waals surface area contributed by atoms with Crippen molar-refractivity contribution in [2.45, 2.75) is 46.7 Å². The molecule has 0 N–H and O–H groups in total. The highest BCUT2D eigenvalue weighted by molar-refractivity contribution is 8.45. The fourth-order valence-electron chi connectivity index (χ4n) is 3.03. The maximum absolute atomic E-state index is 2.17. The van der Waals surface area contributed by atoms with Crippen molar-refractivity contribution in [2.75, 3.05) is 0 Å². The SMILES string of the molecule is C1C2CC1SC1=C(SC(=C3SC4=C(S3)SC3CC(C3)S4)S1)S2. The van der Waals surface area contributed by atoms with E-state index in [9.17, 15) is 0 Å². The summed E-state index contributed by atoms with van der Waals surface area (Å²) < 4.78 is 9.62. The van der Waals surface area contributed by atoms with Gasteiger partial charge in [0.25, 0.3) is 0 Å². The van der Waals surface area contributed by atoms with Gasteiger partial charge in [0.15, 0.2) is 0 Å². The smallest absolute Gasteiger partial charge is 0.0717 e. The van der Waals surface area contributed by atoms with Gasteiger partial charge in [0.2, 0.25) is 0 Å². The highest BCUT2D eigenvalue weighted by Gasteiger charge is 2.43. The van der Waals surface area contributed by atoms with E-state index in [0.29, 0.717) is 0 Å². The first-order valence-electron chi connectivity index (χ1n) is 7.41. The molecule has 2 saturated carbocycles. The van der Waals surface area contributed by atoms with Gasteiger partial charge in [0, 0.05) is 21.0 Å². The first-order chi connectivity index (χ1) is 10.8. The molecule has 0 amide bonds. The Morgan fingerprint density at radius 3 is 0.955 bits per heavy atom. The normalized spacial score (nSPS) is 42.5. The van der Waals surface area contributed by atoms with E-state index in [1.54, 1.807) is 25.4 Å². The molecule has 8 aliphatic rings. The Bertz CT molecular complexity index is 546. The maximum Gasteiger partial charge on any atom is 0.0717 e. The van der Waals surface area contributed by atoms with Gasteiger partial charge in [-0.2, -0.15) is 0 Å². The van der Waals surface area contributed by atoms with Gasteiger partial charge in [0.1, 0.15) is 0 Å². The molecule has 0 atom stereocenters. The van der Waals surface area contributed by atoms with Gasteiger partial charge in [-0.15, -0.1) is 47.0 Å². The molecule has 8 heteroatoms. The lowest BCUT2D eigenvalue weighted by atomic mass is 9.99. The molecule has 2 aliphatic carbocycles. The molecule has 22 heavy (non-hydrogen) atoms. The zero-order valence-electron chi connectivity index (χ0n) is 11.4. The minimum absolute atomic E-state index is 0.916. The number of hydrogen-bond acceptors (Lipinski definition) is 8. The zero-order valence-corrected chi connectivity index (χ0v) is 17.9. The lowest BCUT2D eigenvalue weighted by Crippen LogP contribution is -2.26. The van der Waals surface area contributed by atoms with E-state index in [2.05, 4.69) is 94.1 Å². The van der Waals surface area contributed by atoms with Gasteiger partial charge >= 0.3 is 0 Å². The minimum atomic E-state index is 0.916. The van der Waals surface area contributed by atoms with Crippen LogP contribution in [0.1, 0.15) is 25.7 Å². The molecule has 0 radical (unpaired) electrons.